The highest BCUT2D eigenvalue weighted by Crippen LogP contribution is 2.21. The minimum absolute atomic E-state index is 0.235. The number of fused-ring (bicyclic) bond motifs is 1. The van der Waals surface area contributed by atoms with E-state index in [1.165, 1.54) is 19.1 Å². The van der Waals surface area contributed by atoms with Crippen molar-refractivity contribution in [1.82, 2.24) is 10.6 Å². The van der Waals surface area contributed by atoms with E-state index < -0.39 is 41.4 Å². The van der Waals surface area contributed by atoms with Crippen molar-refractivity contribution in [3.63, 3.8) is 0 Å². The maximum absolute atomic E-state index is 12.8. The Morgan fingerprint density at radius 2 is 1.73 bits per heavy atom. The normalized spacial score (nSPS) is 13.6. The number of rotatable bonds is 10. The van der Waals surface area contributed by atoms with Gasteiger partial charge in [-0.05, 0) is 37.5 Å². The molecule has 0 spiro atoms. The Balaban J connectivity index is 2.05. The second kappa shape index (κ2) is 11.3. The molecule has 0 aliphatic rings. The number of aliphatic carboxylic acids is 1. The van der Waals surface area contributed by atoms with Crippen LogP contribution in [0.2, 0.25) is 0 Å². The molecule has 0 fully saturated rings. The molecule has 178 valence electrons. The van der Waals surface area contributed by atoms with Crippen LogP contribution in [0.4, 0.5) is 5.69 Å². The number of hydrogen-bond donors (Lipinski definition) is 4. The van der Waals surface area contributed by atoms with Gasteiger partial charge in [-0.3, -0.25) is 19.2 Å². The van der Waals surface area contributed by atoms with Crippen LogP contribution in [0.3, 0.4) is 0 Å². The first-order valence-electron chi connectivity index (χ1n) is 10.7. The molecule has 10 heteroatoms. The van der Waals surface area contributed by atoms with E-state index in [9.17, 15) is 24.0 Å². The first-order valence-corrected chi connectivity index (χ1v) is 10.7. The highest BCUT2D eigenvalue weighted by Gasteiger charge is 2.28. The highest BCUT2D eigenvalue weighted by molar-refractivity contribution is 5.99. The van der Waals surface area contributed by atoms with Gasteiger partial charge in [0.15, 0.2) is 0 Å². The summed E-state index contributed by atoms with van der Waals surface area (Å²) < 4.78 is 5.18. The number of anilines is 1. The third kappa shape index (κ3) is 7.16. The van der Waals surface area contributed by atoms with Gasteiger partial charge in [0.05, 0.1) is 6.42 Å². The molecule has 0 aliphatic heterocycles. The van der Waals surface area contributed by atoms with Crippen molar-refractivity contribution in [3.05, 3.63) is 40.2 Å². The fraction of sp³-hybridized carbons (Fsp3) is 0.435. The zero-order valence-electron chi connectivity index (χ0n) is 19.1. The molecule has 3 amide bonds. The van der Waals surface area contributed by atoms with Gasteiger partial charge in [0.1, 0.15) is 17.7 Å². The summed E-state index contributed by atoms with van der Waals surface area (Å²) in [5, 5.41) is 17.3. The van der Waals surface area contributed by atoms with Crippen LogP contribution in [0.1, 0.15) is 45.6 Å². The molecule has 33 heavy (non-hydrogen) atoms. The Hall–Kier alpha value is -3.69. The summed E-state index contributed by atoms with van der Waals surface area (Å²) in [7, 11) is 0. The molecule has 0 saturated carbocycles. The average molecular weight is 459 g/mol. The molecule has 1 aromatic heterocycles. The number of carbonyl (C=O) groups is 4. The lowest BCUT2D eigenvalue weighted by Crippen LogP contribution is -2.54. The zero-order valence-corrected chi connectivity index (χ0v) is 19.1. The quantitative estimate of drug-likeness (QED) is 0.396. The average Bonchev–Trinajstić information content (AvgIpc) is 2.74. The minimum atomic E-state index is -1.11. The van der Waals surface area contributed by atoms with Crippen molar-refractivity contribution < 1.29 is 28.7 Å². The number of nitrogens with one attached hydrogen (secondary N) is 3. The Labute approximate surface area is 190 Å². The fourth-order valence-corrected chi connectivity index (χ4v) is 3.19. The molecule has 1 aromatic carbocycles. The number of carboxylic acids is 1. The van der Waals surface area contributed by atoms with Crippen molar-refractivity contribution in [2.75, 3.05) is 5.32 Å². The Bertz CT molecular complexity index is 1110. The van der Waals surface area contributed by atoms with E-state index in [0.717, 1.165) is 10.9 Å². The van der Waals surface area contributed by atoms with Crippen LogP contribution >= 0.6 is 0 Å². The largest absolute Gasteiger partial charge is 0.481 e. The van der Waals surface area contributed by atoms with E-state index in [1.54, 1.807) is 26.0 Å². The molecule has 2 rings (SSSR count). The number of aryl methyl sites for hydroxylation is 1. The predicted molar refractivity (Wildman–Crippen MR) is 122 cm³/mol. The summed E-state index contributed by atoms with van der Waals surface area (Å²) in [5.41, 5.74) is 0.977. The molecule has 3 atom stereocenters. The van der Waals surface area contributed by atoms with Crippen molar-refractivity contribution in [3.8, 4) is 0 Å². The van der Waals surface area contributed by atoms with Gasteiger partial charge in [-0.25, -0.2) is 4.79 Å². The van der Waals surface area contributed by atoms with E-state index in [0.29, 0.717) is 17.7 Å². The summed E-state index contributed by atoms with van der Waals surface area (Å²) in [5.74, 6) is -2.94. The van der Waals surface area contributed by atoms with Crippen LogP contribution in [0.25, 0.3) is 11.0 Å². The van der Waals surface area contributed by atoms with E-state index >= 15 is 0 Å². The fourth-order valence-electron chi connectivity index (χ4n) is 3.19. The molecule has 0 radical (unpaired) electrons. The Morgan fingerprint density at radius 1 is 1.03 bits per heavy atom. The van der Waals surface area contributed by atoms with Crippen molar-refractivity contribution in [2.24, 2.45) is 5.92 Å². The number of hydrogen-bond acceptors (Lipinski definition) is 6. The summed E-state index contributed by atoms with van der Waals surface area (Å²) in [6.07, 6.45) is -0.00632. The second-order valence-electron chi connectivity index (χ2n) is 8.00. The van der Waals surface area contributed by atoms with Gasteiger partial charge in [-0.15, -0.1) is 0 Å². The lowest BCUT2D eigenvalue weighted by atomic mass is 9.97. The monoisotopic (exact) mass is 459 g/mol. The molecule has 0 unspecified atom stereocenters. The van der Waals surface area contributed by atoms with E-state index in [1.807, 2.05) is 6.92 Å². The van der Waals surface area contributed by atoms with Gasteiger partial charge in [-0.2, -0.15) is 0 Å². The van der Waals surface area contributed by atoms with Crippen LogP contribution in [0, 0.1) is 12.8 Å². The predicted octanol–water partition coefficient (Wildman–Crippen LogP) is 1.94. The second-order valence-corrected chi connectivity index (χ2v) is 8.00. The molecular weight excluding hydrogens is 430 g/mol. The van der Waals surface area contributed by atoms with Crippen LogP contribution in [-0.4, -0.2) is 40.9 Å². The molecule has 2 aromatic rings. The molecule has 0 bridgehead atoms. The van der Waals surface area contributed by atoms with E-state index in [2.05, 4.69) is 16.0 Å². The van der Waals surface area contributed by atoms with E-state index in [4.69, 9.17) is 9.52 Å². The number of carbonyl (C=O) groups excluding carboxylic acids is 3. The van der Waals surface area contributed by atoms with Crippen molar-refractivity contribution in [1.29, 1.82) is 0 Å². The number of amides is 3. The van der Waals surface area contributed by atoms with Crippen LogP contribution < -0.4 is 21.6 Å². The van der Waals surface area contributed by atoms with Gasteiger partial charge in [0.2, 0.25) is 17.7 Å². The first kappa shape index (κ1) is 25.6. The Kier molecular flexibility index (Phi) is 8.72. The standard InChI is InChI=1S/C23H29N3O7/c1-5-12(2)21(26-18(27)8-9-19(28)29)23(32)24-14(4)22(31)25-15-6-7-16-13(3)10-20(30)33-17(16)11-15/h6-7,10-12,14,21H,5,8-9H2,1-4H3,(H,24,32)(H,25,31)(H,26,27)(H,28,29)/t12-,14-,21+/m0/s1. The molecular formula is C23H29N3O7. The lowest BCUT2D eigenvalue weighted by Gasteiger charge is -2.25. The van der Waals surface area contributed by atoms with Crippen LogP contribution in [0.5, 0.6) is 0 Å². The number of carboxylic acid groups (broad SMARTS) is 1. The van der Waals surface area contributed by atoms with E-state index in [-0.39, 0.29) is 18.8 Å². The van der Waals surface area contributed by atoms with Gasteiger partial charge in [0, 0.05) is 29.6 Å². The van der Waals surface area contributed by atoms with Crippen LogP contribution in [0.15, 0.2) is 33.5 Å². The third-order valence-electron chi connectivity index (χ3n) is 5.35. The van der Waals surface area contributed by atoms with Crippen molar-refractivity contribution in [2.45, 2.75) is 59.0 Å². The molecule has 1 heterocycles. The summed E-state index contributed by atoms with van der Waals surface area (Å²) in [6, 6.07) is 4.45. The lowest BCUT2D eigenvalue weighted by molar-refractivity contribution is -0.139. The summed E-state index contributed by atoms with van der Waals surface area (Å²) in [6.45, 7) is 6.91. The van der Waals surface area contributed by atoms with Gasteiger partial charge in [0.25, 0.3) is 0 Å². The SMILES string of the molecule is CC[C@H](C)[C@@H](NC(=O)CCC(=O)O)C(=O)N[C@@H](C)C(=O)Nc1ccc2c(C)cc(=O)oc2c1. The topological polar surface area (TPSA) is 155 Å². The molecule has 0 saturated heterocycles. The number of benzene rings is 1. The van der Waals surface area contributed by atoms with Gasteiger partial charge >= 0.3 is 11.6 Å². The zero-order chi connectivity index (χ0) is 24.7. The van der Waals surface area contributed by atoms with Crippen molar-refractivity contribution >= 4 is 40.3 Å². The van der Waals surface area contributed by atoms with Gasteiger partial charge < -0.3 is 25.5 Å². The first-order chi connectivity index (χ1) is 15.5. The smallest absolute Gasteiger partial charge is 0.336 e. The summed E-state index contributed by atoms with van der Waals surface area (Å²) >= 11 is 0. The molecule has 0 aliphatic carbocycles. The minimum Gasteiger partial charge on any atom is -0.481 e. The summed E-state index contributed by atoms with van der Waals surface area (Å²) in [4.78, 5) is 59.7. The Morgan fingerprint density at radius 3 is 2.36 bits per heavy atom. The highest BCUT2D eigenvalue weighted by atomic mass is 16.4. The maximum Gasteiger partial charge on any atom is 0.336 e. The van der Waals surface area contributed by atoms with Crippen LogP contribution in [-0.2, 0) is 19.2 Å². The third-order valence-corrected chi connectivity index (χ3v) is 5.35. The molecule has 4 N–H and O–H groups in total. The molecule has 10 nitrogen and oxygen atoms in total. The maximum atomic E-state index is 12.8. The van der Waals surface area contributed by atoms with Gasteiger partial charge in [-0.1, -0.05) is 20.3 Å².